The third kappa shape index (κ3) is 4.72. The Morgan fingerprint density at radius 2 is 2.08 bits per heavy atom. The Labute approximate surface area is 149 Å². The van der Waals surface area contributed by atoms with Gasteiger partial charge in [-0.15, -0.1) is 0 Å². The van der Waals surface area contributed by atoms with Crippen LogP contribution in [0, 0.1) is 0 Å². The van der Waals surface area contributed by atoms with Crippen LogP contribution in [0.1, 0.15) is 36.5 Å². The molecule has 1 saturated heterocycles. The summed E-state index contributed by atoms with van der Waals surface area (Å²) in [5.41, 5.74) is 0.520. The van der Waals surface area contributed by atoms with E-state index in [0.717, 1.165) is 12.8 Å². The summed E-state index contributed by atoms with van der Waals surface area (Å²) < 4.78 is 10.6. The molecule has 0 radical (unpaired) electrons. The van der Waals surface area contributed by atoms with Gasteiger partial charge in [0.15, 0.2) is 0 Å². The summed E-state index contributed by atoms with van der Waals surface area (Å²) in [5, 5.41) is 0. The number of rotatable bonds is 8. The third-order valence-corrected chi connectivity index (χ3v) is 4.43. The van der Waals surface area contributed by atoms with Crippen molar-refractivity contribution in [3.8, 4) is 5.75 Å². The molecule has 0 saturated carbocycles. The van der Waals surface area contributed by atoms with Gasteiger partial charge < -0.3 is 19.3 Å². The molecular weight excluding hydrogens is 320 g/mol. The van der Waals surface area contributed by atoms with Gasteiger partial charge in [0.25, 0.3) is 5.91 Å². The molecule has 1 aliphatic rings. The molecular formula is C19H28N2O4. The summed E-state index contributed by atoms with van der Waals surface area (Å²) in [6, 6.07) is 6.82. The summed E-state index contributed by atoms with van der Waals surface area (Å²) in [4.78, 5) is 29.1. The highest BCUT2D eigenvalue weighted by Crippen LogP contribution is 2.26. The van der Waals surface area contributed by atoms with E-state index in [9.17, 15) is 9.59 Å². The van der Waals surface area contributed by atoms with Crippen molar-refractivity contribution in [2.75, 3.05) is 40.5 Å². The van der Waals surface area contributed by atoms with E-state index in [-0.39, 0.29) is 11.8 Å². The van der Waals surface area contributed by atoms with Crippen molar-refractivity contribution in [3.63, 3.8) is 0 Å². The van der Waals surface area contributed by atoms with E-state index >= 15 is 0 Å². The number of para-hydroxylation sites is 1. The molecule has 6 nitrogen and oxygen atoms in total. The molecule has 0 spiro atoms. The van der Waals surface area contributed by atoms with Gasteiger partial charge >= 0.3 is 0 Å². The SMILES string of the molecule is CCOc1ccccc1C(=O)N1CCCC1C(=O)N(C)CCCOC. The van der Waals surface area contributed by atoms with Crippen molar-refractivity contribution in [1.82, 2.24) is 9.80 Å². The van der Waals surface area contributed by atoms with E-state index < -0.39 is 6.04 Å². The predicted molar refractivity (Wildman–Crippen MR) is 95.8 cm³/mol. The Balaban J connectivity index is 2.10. The minimum absolute atomic E-state index is 0.00385. The molecule has 0 aromatic heterocycles. The first-order valence-corrected chi connectivity index (χ1v) is 8.86. The number of likely N-dealkylation sites (tertiary alicyclic amines) is 1. The van der Waals surface area contributed by atoms with Crippen LogP contribution in [0.25, 0.3) is 0 Å². The quantitative estimate of drug-likeness (QED) is 0.676. The van der Waals surface area contributed by atoms with Crippen LogP contribution in [-0.2, 0) is 9.53 Å². The number of carbonyl (C=O) groups excluding carboxylic acids is 2. The topological polar surface area (TPSA) is 59.1 Å². The summed E-state index contributed by atoms with van der Waals surface area (Å²) in [7, 11) is 3.43. The monoisotopic (exact) mass is 348 g/mol. The first-order valence-electron chi connectivity index (χ1n) is 8.86. The Morgan fingerprint density at radius 1 is 1.32 bits per heavy atom. The second-order valence-corrected chi connectivity index (χ2v) is 6.19. The van der Waals surface area contributed by atoms with E-state index in [2.05, 4.69) is 0 Å². The average molecular weight is 348 g/mol. The number of ether oxygens (including phenoxy) is 2. The Kier molecular flexibility index (Phi) is 7.25. The van der Waals surface area contributed by atoms with Crippen molar-refractivity contribution in [2.45, 2.75) is 32.2 Å². The zero-order valence-electron chi connectivity index (χ0n) is 15.4. The third-order valence-electron chi connectivity index (χ3n) is 4.43. The van der Waals surface area contributed by atoms with Crippen molar-refractivity contribution in [3.05, 3.63) is 29.8 Å². The number of nitrogens with zero attached hydrogens (tertiary/aromatic N) is 2. The predicted octanol–water partition coefficient (Wildman–Crippen LogP) is 2.18. The molecule has 25 heavy (non-hydrogen) atoms. The van der Waals surface area contributed by atoms with Crippen molar-refractivity contribution in [1.29, 1.82) is 0 Å². The Bertz CT molecular complexity index is 591. The number of hydrogen-bond donors (Lipinski definition) is 0. The number of benzene rings is 1. The van der Waals surface area contributed by atoms with Crippen LogP contribution in [0.3, 0.4) is 0 Å². The molecule has 1 heterocycles. The van der Waals surface area contributed by atoms with E-state index in [0.29, 0.717) is 44.0 Å². The van der Waals surface area contributed by atoms with E-state index in [4.69, 9.17) is 9.47 Å². The molecule has 138 valence electrons. The highest BCUT2D eigenvalue weighted by molar-refractivity contribution is 6.00. The lowest BCUT2D eigenvalue weighted by atomic mass is 10.1. The van der Waals surface area contributed by atoms with E-state index in [1.165, 1.54) is 0 Å². The molecule has 1 aliphatic heterocycles. The maximum atomic E-state index is 13.0. The lowest BCUT2D eigenvalue weighted by Gasteiger charge is -2.28. The molecule has 1 atom stereocenters. The molecule has 1 aromatic rings. The van der Waals surface area contributed by atoms with Crippen molar-refractivity contribution >= 4 is 11.8 Å². The van der Waals surface area contributed by atoms with Gasteiger partial charge in [0, 0.05) is 33.9 Å². The Hall–Kier alpha value is -2.08. The van der Waals surface area contributed by atoms with Crippen LogP contribution in [0.2, 0.25) is 0 Å². The summed E-state index contributed by atoms with van der Waals surface area (Å²) in [5.74, 6) is 0.433. The number of hydrogen-bond acceptors (Lipinski definition) is 4. The molecule has 0 aliphatic carbocycles. The smallest absolute Gasteiger partial charge is 0.258 e. The summed E-state index contributed by atoms with van der Waals surface area (Å²) in [6.07, 6.45) is 2.33. The average Bonchev–Trinajstić information content (AvgIpc) is 3.11. The molecule has 1 fully saturated rings. The molecule has 1 aromatic carbocycles. The van der Waals surface area contributed by atoms with Crippen molar-refractivity contribution < 1.29 is 19.1 Å². The number of likely N-dealkylation sites (N-methyl/N-ethyl adjacent to an activating group) is 1. The highest BCUT2D eigenvalue weighted by Gasteiger charge is 2.36. The van der Waals surface area contributed by atoms with Gasteiger partial charge in [-0.1, -0.05) is 12.1 Å². The van der Waals surface area contributed by atoms with Crippen LogP contribution in [0.5, 0.6) is 5.75 Å². The minimum atomic E-state index is -0.394. The van der Waals surface area contributed by atoms with Gasteiger partial charge in [-0.25, -0.2) is 0 Å². The number of carbonyl (C=O) groups is 2. The zero-order valence-corrected chi connectivity index (χ0v) is 15.4. The number of amides is 2. The fourth-order valence-electron chi connectivity index (χ4n) is 3.16. The molecule has 1 unspecified atom stereocenters. The molecule has 2 amide bonds. The van der Waals surface area contributed by atoms with Gasteiger partial charge in [0.05, 0.1) is 12.2 Å². The molecule has 2 rings (SSSR count). The fourth-order valence-corrected chi connectivity index (χ4v) is 3.16. The Morgan fingerprint density at radius 3 is 2.80 bits per heavy atom. The van der Waals surface area contributed by atoms with E-state index in [1.54, 1.807) is 36.1 Å². The van der Waals surface area contributed by atoms with Crippen LogP contribution in [0.15, 0.2) is 24.3 Å². The first-order chi connectivity index (χ1) is 12.1. The second kappa shape index (κ2) is 9.42. The lowest BCUT2D eigenvalue weighted by molar-refractivity contribution is -0.134. The number of methoxy groups -OCH3 is 1. The second-order valence-electron chi connectivity index (χ2n) is 6.19. The van der Waals surface area contributed by atoms with Crippen molar-refractivity contribution in [2.24, 2.45) is 0 Å². The lowest BCUT2D eigenvalue weighted by Crippen LogP contribution is -2.47. The van der Waals surface area contributed by atoms with E-state index in [1.807, 2.05) is 19.1 Å². The van der Waals surface area contributed by atoms with Gasteiger partial charge in [0.1, 0.15) is 11.8 Å². The van der Waals surface area contributed by atoms with Gasteiger partial charge in [-0.05, 0) is 38.3 Å². The molecule has 0 N–H and O–H groups in total. The van der Waals surface area contributed by atoms with Crippen LogP contribution in [-0.4, -0.2) is 68.1 Å². The molecule has 6 heteroatoms. The molecule has 0 bridgehead atoms. The maximum absolute atomic E-state index is 13.0. The van der Waals surface area contributed by atoms with Crippen LogP contribution < -0.4 is 4.74 Å². The van der Waals surface area contributed by atoms with Crippen LogP contribution in [0.4, 0.5) is 0 Å². The first kappa shape index (κ1) is 19.2. The maximum Gasteiger partial charge on any atom is 0.258 e. The highest BCUT2D eigenvalue weighted by atomic mass is 16.5. The minimum Gasteiger partial charge on any atom is -0.493 e. The zero-order chi connectivity index (χ0) is 18.2. The largest absolute Gasteiger partial charge is 0.493 e. The van der Waals surface area contributed by atoms with Gasteiger partial charge in [-0.2, -0.15) is 0 Å². The normalized spacial score (nSPS) is 16.8. The standard InChI is InChI=1S/C19H28N2O4/c1-4-25-17-11-6-5-9-15(17)18(22)21-13-7-10-16(21)19(23)20(2)12-8-14-24-3/h5-6,9,11,16H,4,7-8,10,12-14H2,1-3H3. The summed E-state index contributed by atoms with van der Waals surface area (Å²) in [6.45, 7) is 4.22. The van der Waals surface area contributed by atoms with Gasteiger partial charge in [0.2, 0.25) is 5.91 Å². The summed E-state index contributed by atoms with van der Waals surface area (Å²) >= 11 is 0. The van der Waals surface area contributed by atoms with Gasteiger partial charge in [-0.3, -0.25) is 9.59 Å². The van der Waals surface area contributed by atoms with Crippen LogP contribution >= 0.6 is 0 Å². The fraction of sp³-hybridized carbons (Fsp3) is 0.579.